The van der Waals surface area contributed by atoms with E-state index in [4.69, 9.17) is 11.6 Å². The molecule has 1 aromatic carbocycles. The van der Waals surface area contributed by atoms with Crippen LogP contribution < -0.4 is 0 Å². The van der Waals surface area contributed by atoms with Crippen LogP contribution in [0, 0.1) is 0 Å². The first-order valence-corrected chi connectivity index (χ1v) is 13.8. The Hall–Kier alpha value is -0.743. The van der Waals surface area contributed by atoms with Crippen LogP contribution in [0.5, 0.6) is 0 Å². The van der Waals surface area contributed by atoms with E-state index in [1.54, 1.807) is 5.57 Å². The Bertz CT molecular complexity index is 719. The van der Waals surface area contributed by atoms with Crippen molar-refractivity contribution in [3.8, 4) is 0 Å². The van der Waals surface area contributed by atoms with Crippen LogP contribution in [0.4, 0.5) is 0 Å². The molecule has 0 amide bonds. The van der Waals surface area contributed by atoms with Crippen molar-refractivity contribution < 1.29 is 0 Å². The number of likely N-dealkylation sites (tertiary alicyclic amines) is 1. The van der Waals surface area contributed by atoms with Crippen LogP contribution in [0.3, 0.4) is 0 Å². The zero-order valence-corrected chi connectivity index (χ0v) is 18.1. The Balaban J connectivity index is 1.81. The van der Waals surface area contributed by atoms with E-state index in [0.717, 1.165) is 31.1 Å². The maximum atomic E-state index is 6.36. The van der Waals surface area contributed by atoms with Gasteiger partial charge in [0.1, 0.15) is 0 Å². The van der Waals surface area contributed by atoms with E-state index in [0.29, 0.717) is 0 Å². The summed E-state index contributed by atoms with van der Waals surface area (Å²) in [6.45, 7) is 14.3. The van der Waals surface area contributed by atoms with Crippen LogP contribution in [0.25, 0.3) is 0 Å². The molecule has 25 heavy (non-hydrogen) atoms. The van der Waals surface area contributed by atoms with Gasteiger partial charge in [0, 0.05) is 34.3 Å². The number of nitrogens with zero attached hydrogens (tertiary/aromatic N) is 1. The van der Waals surface area contributed by atoms with Crippen LogP contribution in [0.15, 0.2) is 59.2 Å². The molecule has 4 heteroatoms. The van der Waals surface area contributed by atoms with Crippen LogP contribution in [0.1, 0.15) is 18.4 Å². The summed E-state index contributed by atoms with van der Waals surface area (Å²) in [5, 5.41) is 0.875. The van der Waals surface area contributed by atoms with E-state index in [2.05, 4.69) is 72.9 Å². The molecule has 0 bridgehead atoms. The summed E-state index contributed by atoms with van der Waals surface area (Å²) < 4.78 is 0.240. The summed E-state index contributed by atoms with van der Waals surface area (Å²) >= 11 is 8.45. The lowest BCUT2D eigenvalue weighted by molar-refractivity contribution is 0.238. The Kier molecular flexibility index (Phi) is 5.69. The number of thioether (sulfide) groups is 1. The van der Waals surface area contributed by atoms with Crippen molar-refractivity contribution >= 4 is 31.4 Å². The van der Waals surface area contributed by atoms with E-state index >= 15 is 0 Å². The second kappa shape index (κ2) is 7.48. The van der Waals surface area contributed by atoms with Gasteiger partial charge in [0.2, 0.25) is 0 Å². The third kappa shape index (κ3) is 4.51. The maximum Gasteiger partial charge on any atom is 0.0701 e. The lowest BCUT2D eigenvalue weighted by Gasteiger charge is -2.40. The van der Waals surface area contributed by atoms with E-state index in [9.17, 15) is 0 Å². The van der Waals surface area contributed by atoms with E-state index in [1.165, 1.54) is 16.9 Å². The fourth-order valence-electron chi connectivity index (χ4n) is 3.69. The molecule has 1 fully saturated rings. The number of rotatable bonds is 5. The van der Waals surface area contributed by atoms with Crippen molar-refractivity contribution in [2.45, 2.75) is 43.8 Å². The second-order valence-corrected chi connectivity index (χ2v) is 15.1. The molecular formula is C21H28ClNSSi. The van der Waals surface area contributed by atoms with Crippen LogP contribution in [-0.2, 0) is 6.54 Å². The molecule has 0 N–H and O–H groups in total. The van der Waals surface area contributed by atoms with Gasteiger partial charge < -0.3 is 0 Å². The number of halogens is 1. The van der Waals surface area contributed by atoms with Crippen molar-refractivity contribution in [2.24, 2.45) is 0 Å². The molecule has 3 rings (SSSR count). The predicted octanol–water partition coefficient (Wildman–Crippen LogP) is 6.30. The average Bonchev–Trinajstić information content (AvgIpc) is 2.85. The molecule has 2 heterocycles. The van der Waals surface area contributed by atoms with Crippen LogP contribution >= 0.6 is 23.4 Å². The first-order chi connectivity index (χ1) is 11.8. The molecule has 2 aliphatic heterocycles. The number of fused-ring (bicyclic) bond motifs is 1. The summed E-state index contributed by atoms with van der Waals surface area (Å²) in [5.74, 6) is 0. The summed E-state index contributed by atoms with van der Waals surface area (Å²) in [6, 6.07) is 8.21. The van der Waals surface area contributed by atoms with Gasteiger partial charge in [0.15, 0.2) is 0 Å². The highest BCUT2D eigenvalue weighted by molar-refractivity contribution is 8.05. The molecule has 1 saturated heterocycles. The van der Waals surface area contributed by atoms with Gasteiger partial charge in [0.25, 0.3) is 0 Å². The fraction of sp³-hybridized carbons (Fsp3) is 0.429. The Morgan fingerprint density at radius 2 is 2.08 bits per heavy atom. The molecular weight excluding hydrogens is 362 g/mol. The van der Waals surface area contributed by atoms with Crippen molar-refractivity contribution in [3.63, 3.8) is 0 Å². The SMILES string of the molecule is C=CC[C@@]12CCN(Cc3ccccc3Cl)CC1=C/C(=C\[Si](C)(C)C)S2. The Morgan fingerprint density at radius 3 is 2.76 bits per heavy atom. The molecule has 0 aromatic heterocycles. The van der Waals surface area contributed by atoms with Crippen molar-refractivity contribution in [1.82, 2.24) is 4.90 Å². The first-order valence-electron chi connectivity index (χ1n) is 9.01. The lowest BCUT2D eigenvalue weighted by atomic mass is 9.87. The van der Waals surface area contributed by atoms with Crippen LogP contribution in [0.2, 0.25) is 24.7 Å². The second-order valence-electron chi connectivity index (χ2n) is 8.22. The maximum absolute atomic E-state index is 6.36. The largest absolute Gasteiger partial charge is 0.295 e. The highest BCUT2D eigenvalue weighted by atomic mass is 35.5. The molecule has 1 nitrogen and oxygen atoms in total. The molecule has 1 atom stereocenters. The van der Waals surface area contributed by atoms with Gasteiger partial charge in [-0.2, -0.15) is 0 Å². The molecule has 0 radical (unpaired) electrons. The third-order valence-electron chi connectivity index (χ3n) is 4.84. The molecule has 1 aromatic rings. The van der Waals surface area contributed by atoms with Gasteiger partial charge in [-0.25, -0.2) is 0 Å². The molecule has 134 valence electrons. The zero-order valence-electron chi connectivity index (χ0n) is 15.5. The molecule has 2 aliphatic rings. The minimum atomic E-state index is -1.21. The smallest absolute Gasteiger partial charge is 0.0701 e. The van der Waals surface area contributed by atoms with Gasteiger partial charge in [-0.3, -0.25) is 4.90 Å². The van der Waals surface area contributed by atoms with Gasteiger partial charge in [-0.15, -0.1) is 18.3 Å². The standard InChI is InChI=1S/C21H28ClNSSi/c1-5-10-21-11-12-23(14-17-8-6-7-9-20(17)22)15-18(21)13-19(24-21)16-25(2,3)4/h5-9,13,16H,1,10-12,14-15H2,2-4H3/b19-16+/t21-/m1/s1. The monoisotopic (exact) mass is 389 g/mol. The number of hydrogen-bond donors (Lipinski definition) is 0. The highest BCUT2D eigenvalue weighted by Gasteiger charge is 2.42. The van der Waals surface area contributed by atoms with E-state index < -0.39 is 8.07 Å². The predicted molar refractivity (Wildman–Crippen MR) is 116 cm³/mol. The van der Waals surface area contributed by atoms with Gasteiger partial charge in [0.05, 0.1) is 8.07 Å². The molecule has 0 aliphatic carbocycles. The highest BCUT2D eigenvalue weighted by Crippen LogP contribution is 2.52. The van der Waals surface area contributed by atoms with Crippen LogP contribution in [-0.4, -0.2) is 30.8 Å². The van der Waals surface area contributed by atoms with E-state index in [-0.39, 0.29) is 4.75 Å². The zero-order chi connectivity index (χ0) is 18.1. The third-order valence-corrected chi connectivity index (χ3v) is 8.09. The quantitative estimate of drug-likeness (QED) is 0.429. The summed E-state index contributed by atoms with van der Waals surface area (Å²) in [7, 11) is -1.21. The van der Waals surface area contributed by atoms with Crippen molar-refractivity contribution in [2.75, 3.05) is 13.1 Å². The van der Waals surface area contributed by atoms with Gasteiger partial charge in [-0.05, 0) is 36.1 Å². The molecule has 0 saturated carbocycles. The minimum absolute atomic E-state index is 0.240. The number of hydrogen-bond acceptors (Lipinski definition) is 2. The van der Waals surface area contributed by atoms with E-state index in [1.807, 2.05) is 12.1 Å². The summed E-state index contributed by atoms with van der Waals surface area (Å²) in [6.07, 6.45) is 6.81. The lowest BCUT2D eigenvalue weighted by Crippen LogP contribution is -2.42. The Labute approximate surface area is 162 Å². The van der Waals surface area contributed by atoms with Crippen molar-refractivity contribution in [3.05, 3.63) is 69.8 Å². The number of benzene rings is 1. The number of piperidine rings is 1. The van der Waals surface area contributed by atoms with Gasteiger partial charge >= 0.3 is 0 Å². The van der Waals surface area contributed by atoms with Gasteiger partial charge in [-0.1, -0.05) is 61.2 Å². The minimum Gasteiger partial charge on any atom is -0.295 e. The normalized spacial score (nSPS) is 25.8. The topological polar surface area (TPSA) is 3.24 Å². The summed E-state index contributed by atoms with van der Waals surface area (Å²) in [5.41, 5.74) is 5.34. The first kappa shape index (κ1) is 19.0. The average molecular weight is 390 g/mol. The van der Waals surface area contributed by atoms with Crippen molar-refractivity contribution in [1.29, 1.82) is 0 Å². The Morgan fingerprint density at radius 1 is 1.32 bits per heavy atom. The number of allylic oxidation sites excluding steroid dienone is 2. The molecule has 0 unspecified atom stereocenters. The summed E-state index contributed by atoms with van der Waals surface area (Å²) in [4.78, 5) is 4.02. The molecule has 0 spiro atoms. The fourth-order valence-corrected chi connectivity index (χ4v) is 7.42.